The van der Waals surface area contributed by atoms with Crippen molar-refractivity contribution in [3.63, 3.8) is 0 Å². The number of rotatable bonds is 6. The van der Waals surface area contributed by atoms with Gasteiger partial charge in [0.05, 0.1) is 17.6 Å². The van der Waals surface area contributed by atoms with Gasteiger partial charge >= 0.3 is 6.55 Å². The summed E-state index contributed by atoms with van der Waals surface area (Å²) in [4.78, 5) is 20.9. The van der Waals surface area contributed by atoms with E-state index in [1.165, 1.54) is 0 Å². The highest BCUT2D eigenvalue weighted by molar-refractivity contribution is 5.79. The fraction of sp³-hybridized carbons (Fsp3) is 0.579. The number of carbonyl (C=O) groups is 1. The number of hydrogen-bond acceptors (Lipinski definition) is 3. The SMILES string of the molecule is CCN(CC)C(=O)C1CCN(Cc2nc3ccccc3n2C(F)F)CC1. The Bertz CT molecular complexity index is 749. The van der Waals surface area contributed by atoms with Crippen LogP contribution in [-0.2, 0) is 11.3 Å². The fourth-order valence-electron chi connectivity index (χ4n) is 3.76. The number of halogens is 2. The highest BCUT2D eigenvalue weighted by atomic mass is 19.3. The topological polar surface area (TPSA) is 41.4 Å². The first-order valence-corrected chi connectivity index (χ1v) is 9.30. The minimum atomic E-state index is -2.61. The second-order valence-electron chi connectivity index (χ2n) is 6.73. The summed E-state index contributed by atoms with van der Waals surface area (Å²) in [7, 11) is 0. The quantitative estimate of drug-likeness (QED) is 0.788. The van der Waals surface area contributed by atoms with Gasteiger partial charge in [-0.15, -0.1) is 0 Å². The average molecular weight is 364 g/mol. The lowest BCUT2D eigenvalue weighted by Crippen LogP contribution is -2.42. The van der Waals surface area contributed by atoms with Crippen molar-refractivity contribution in [2.45, 2.75) is 39.8 Å². The first-order valence-electron chi connectivity index (χ1n) is 9.30. The summed E-state index contributed by atoms with van der Waals surface area (Å²) < 4.78 is 28.1. The monoisotopic (exact) mass is 364 g/mol. The molecule has 3 rings (SSSR count). The number of para-hydroxylation sites is 2. The van der Waals surface area contributed by atoms with E-state index in [0.717, 1.165) is 43.6 Å². The normalized spacial score (nSPS) is 16.5. The molecule has 1 fully saturated rings. The van der Waals surface area contributed by atoms with Crippen LogP contribution in [0.3, 0.4) is 0 Å². The van der Waals surface area contributed by atoms with Gasteiger partial charge < -0.3 is 4.90 Å². The minimum absolute atomic E-state index is 0.0417. The molecule has 0 aliphatic carbocycles. The maximum atomic E-state index is 13.5. The Morgan fingerprint density at radius 1 is 1.23 bits per heavy atom. The van der Waals surface area contributed by atoms with E-state index in [4.69, 9.17) is 0 Å². The molecule has 1 aromatic carbocycles. The maximum absolute atomic E-state index is 13.5. The van der Waals surface area contributed by atoms with Crippen LogP contribution in [-0.4, -0.2) is 51.4 Å². The number of amides is 1. The lowest BCUT2D eigenvalue weighted by Gasteiger charge is -2.33. The Morgan fingerprint density at radius 2 is 1.88 bits per heavy atom. The molecule has 1 aliphatic rings. The zero-order valence-corrected chi connectivity index (χ0v) is 15.4. The van der Waals surface area contributed by atoms with Gasteiger partial charge in [-0.2, -0.15) is 8.78 Å². The Morgan fingerprint density at radius 3 is 2.50 bits per heavy atom. The van der Waals surface area contributed by atoms with Crippen molar-refractivity contribution in [1.29, 1.82) is 0 Å². The van der Waals surface area contributed by atoms with Crippen LogP contribution >= 0.6 is 0 Å². The van der Waals surface area contributed by atoms with Crippen molar-refractivity contribution in [3.8, 4) is 0 Å². The van der Waals surface area contributed by atoms with Crippen LogP contribution in [0.1, 0.15) is 39.1 Å². The molecule has 0 radical (unpaired) electrons. The van der Waals surface area contributed by atoms with Crippen molar-refractivity contribution in [2.24, 2.45) is 5.92 Å². The number of likely N-dealkylation sites (tertiary alicyclic amines) is 1. The Kier molecular flexibility index (Phi) is 5.86. The zero-order valence-electron chi connectivity index (χ0n) is 15.4. The van der Waals surface area contributed by atoms with Crippen LogP contribution in [0.25, 0.3) is 11.0 Å². The van der Waals surface area contributed by atoms with Gasteiger partial charge in [-0.05, 0) is 51.9 Å². The lowest BCUT2D eigenvalue weighted by molar-refractivity contribution is -0.136. The molecule has 1 saturated heterocycles. The van der Waals surface area contributed by atoms with Crippen LogP contribution < -0.4 is 0 Å². The molecule has 26 heavy (non-hydrogen) atoms. The second kappa shape index (κ2) is 8.12. The lowest BCUT2D eigenvalue weighted by atomic mass is 9.95. The first-order chi connectivity index (χ1) is 12.5. The third-order valence-corrected chi connectivity index (χ3v) is 5.24. The van der Waals surface area contributed by atoms with E-state index in [9.17, 15) is 13.6 Å². The predicted molar refractivity (Wildman–Crippen MR) is 96.9 cm³/mol. The Labute approximate surface area is 152 Å². The molecular formula is C19H26F2N4O. The van der Waals surface area contributed by atoms with Gasteiger partial charge in [-0.3, -0.25) is 14.3 Å². The molecular weight excluding hydrogens is 338 g/mol. The van der Waals surface area contributed by atoms with E-state index in [2.05, 4.69) is 9.88 Å². The van der Waals surface area contributed by atoms with Gasteiger partial charge in [0.25, 0.3) is 0 Å². The molecule has 1 amide bonds. The van der Waals surface area contributed by atoms with E-state index in [0.29, 0.717) is 23.4 Å². The van der Waals surface area contributed by atoms with E-state index < -0.39 is 6.55 Å². The van der Waals surface area contributed by atoms with Gasteiger partial charge in [0.2, 0.25) is 5.91 Å². The van der Waals surface area contributed by atoms with E-state index in [-0.39, 0.29) is 11.8 Å². The highest BCUT2D eigenvalue weighted by Gasteiger charge is 2.28. The summed E-state index contributed by atoms with van der Waals surface area (Å²) in [5, 5.41) is 0. The predicted octanol–water partition coefficient (Wildman–Crippen LogP) is 3.51. The largest absolute Gasteiger partial charge is 0.343 e. The molecule has 1 aliphatic heterocycles. The average Bonchev–Trinajstić information content (AvgIpc) is 3.01. The third-order valence-electron chi connectivity index (χ3n) is 5.24. The van der Waals surface area contributed by atoms with Gasteiger partial charge in [0.15, 0.2) is 0 Å². The van der Waals surface area contributed by atoms with Gasteiger partial charge in [-0.1, -0.05) is 12.1 Å². The number of carbonyl (C=O) groups excluding carboxylic acids is 1. The summed E-state index contributed by atoms with van der Waals surface area (Å²) >= 11 is 0. The van der Waals surface area contributed by atoms with E-state index in [1.807, 2.05) is 18.7 Å². The number of alkyl halides is 2. The molecule has 2 heterocycles. The van der Waals surface area contributed by atoms with Crippen molar-refractivity contribution in [3.05, 3.63) is 30.1 Å². The summed E-state index contributed by atoms with van der Waals surface area (Å²) in [6.07, 6.45) is 1.54. The minimum Gasteiger partial charge on any atom is -0.343 e. The maximum Gasteiger partial charge on any atom is 0.320 e. The van der Waals surface area contributed by atoms with Crippen LogP contribution in [0.2, 0.25) is 0 Å². The number of piperidine rings is 1. The summed E-state index contributed by atoms with van der Waals surface area (Å²) in [5.74, 6) is 0.643. The van der Waals surface area contributed by atoms with Crippen LogP contribution in [0.4, 0.5) is 8.78 Å². The number of imidazole rings is 1. The number of hydrogen-bond donors (Lipinski definition) is 0. The van der Waals surface area contributed by atoms with Crippen molar-refractivity contribution >= 4 is 16.9 Å². The summed E-state index contributed by atoms with van der Waals surface area (Å²) in [5.41, 5.74) is 1.05. The number of benzene rings is 1. The second-order valence-corrected chi connectivity index (χ2v) is 6.73. The van der Waals surface area contributed by atoms with Crippen LogP contribution in [0, 0.1) is 5.92 Å². The number of aromatic nitrogens is 2. The summed E-state index contributed by atoms with van der Waals surface area (Å²) in [6.45, 7) is 4.66. The van der Waals surface area contributed by atoms with Gasteiger partial charge in [0.1, 0.15) is 5.82 Å². The molecule has 7 heteroatoms. The molecule has 0 bridgehead atoms. The van der Waals surface area contributed by atoms with Crippen molar-refractivity contribution in [1.82, 2.24) is 19.4 Å². The molecule has 0 spiro atoms. The summed E-state index contributed by atoms with van der Waals surface area (Å²) in [6, 6.07) is 6.98. The van der Waals surface area contributed by atoms with Crippen LogP contribution in [0.15, 0.2) is 24.3 Å². The van der Waals surface area contributed by atoms with E-state index in [1.54, 1.807) is 24.3 Å². The van der Waals surface area contributed by atoms with Gasteiger partial charge in [-0.25, -0.2) is 4.98 Å². The first kappa shape index (κ1) is 18.8. The van der Waals surface area contributed by atoms with Gasteiger partial charge in [0, 0.05) is 19.0 Å². The van der Waals surface area contributed by atoms with E-state index >= 15 is 0 Å². The molecule has 2 aromatic rings. The fourth-order valence-corrected chi connectivity index (χ4v) is 3.76. The molecule has 0 saturated carbocycles. The van der Waals surface area contributed by atoms with Crippen LogP contribution in [0.5, 0.6) is 0 Å². The van der Waals surface area contributed by atoms with Crippen molar-refractivity contribution in [2.75, 3.05) is 26.2 Å². The smallest absolute Gasteiger partial charge is 0.320 e. The van der Waals surface area contributed by atoms with Crippen molar-refractivity contribution < 1.29 is 13.6 Å². The standard InChI is InChI=1S/C19H26F2N4O/c1-3-24(4-2)18(26)14-9-11-23(12-10-14)13-17-22-15-7-5-6-8-16(15)25(17)19(20)21/h5-8,14,19H,3-4,9-13H2,1-2H3. The molecule has 0 unspecified atom stereocenters. The molecule has 142 valence electrons. The molecule has 0 N–H and O–H groups in total. The highest BCUT2D eigenvalue weighted by Crippen LogP contribution is 2.26. The number of nitrogens with zero attached hydrogens (tertiary/aromatic N) is 4. The Balaban J connectivity index is 1.68. The molecule has 1 aromatic heterocycles. The third kappa shape index (κ3) is 3.72. The zero-order chi connectivity index (χ0) is 18.7. The molecule has 0 atom stereocenters. The molecule has 5 nitrogen and oxygen atoms in total. The Hall–Kier alpha value is -2.02. The number of fused-ring (bicyclic) bond motifs is 1.